The SMILES string of the molecule is CC(F)(c1ccccc1N)C1CCOC1. The Morgan fingerprint density at radius 1 is 1.47 bits per heavy atom. The van der Waals surface area contributed by atoms with Gasteiger partial charge < -0.3 is 10.5 Å². The first-order valence-electron chi connectivity index (χ1n) is 5.24. The molecule has 1 aromatic carbocycles. The van der Waals surface area contributed by atoms with Crippen molar-refractivity contribution in [2.45, 2.75) is 19.0 Å². The van der Waals surface area contributed by atoms with Crippen LogP contribution in [0.25, 0.3) is 0 Å². The summed E-state index contributed by atoms with van der Waals surface area (Å²) in [7, 11) is 0. The monoisotopic (exact) mass is 209 g/mol. The minimum atomic E-state index is -1.39. The molecule has 0 radical (unpaired) electrons. The molecule has 0 aromatic heterocycles. The number of nitrogen functional groups attached to an aromatic ring is 1. The first-order chi connectivity index (χ1) is 7.12. The van der Waals surface area contributed by atoms with Gasteiger partial charge in [-0.25, -0.2) is 4.39 Å². The third-order valence-electron chi connectivity index (χ3n) is 3.18. The van der Waals surface area contributed by atoms with Crippen molar-refractivity contribution in [3.05, 3.63) is 29.8 Å². The highest BCUT2D eigenvalue weighted by molar-refractivity contribution is 5.49. The molecule has 2 unspecified atom stereocenters. The van der Waals surface area contributed by atoms with Crippen molar-refractivity contribution >= 4 is 5.69 Å². The third kappa shape index (κ3) is 1.84. The van der Waals surface area contributed by atoms with Gasteiger partial charge in [-0.05, 0) is 19.4 Å². The molecule has 2 nitrogen and oxygen atoms in total. The number of halogens is 1. The van der Waals surface area contributed by atoms with Crippen LogP contribution in [0.1, 0.15) is 18.9 Å². The van der Waals surface area contributed by atoms with E-state index in [0.29, 0.717) is 24.5 Å². The summed E-state index contributed by atoms with van der Waals surface area (Å²) in [5, 5.41) is 0. The van der Waals surface area contributed by atoms with Gasteiger partial charge >= 0.3 is 0 Å². The van der Waals surface area contributed by atoms with Crippen LogP contribution in [-0.4, -0.2) is 13.2 Å². The van der Waals surface area contributed by atoms with Gasteiger partial charge in [-0.3, -0.25) is 0 Å². The van der Waals surface area contributed by atoms with Crippen molar-refractivity contribution in [2.75, 3.05) is 18.9 Å². The number of benzene rings is 1. The average molecular weight is 209 g/mol. The fraction of sp³-hybridized carbons (Fsp3) is 0.500. The molecular weight excluding hydrogens is 193 g/mol. The van der Waals surface area contributed by atoms with Gasteiger partial charge in [0.15, 0.2) is 0 Å². The standard InChI is InChI=1S/C12H16FNO/c1-12(13,9-6-7-15-8-9)10-4-2-3-5-11(10)14/h2-5,9H,6-8,14H2,1H3. The first kappa shape index (κ1) is 10.4. The second-order valence-electron chi connectivity index (χ2n) is 4.22. The summed E-state index contributed by atoms with van der Waals surface area (Å²) < 4.78 is 19.9. The van der Waals surface area contributed by atoms with Gasteiger partial charge in [0.1, 0.15) is 5.67 Å². The number of alkyl halides is 1. The Balaban J connectivity index is 2.31. The average Bonchev–Trinajstić information content (AvgIpc) is 2.71. The number of nitrogens with two attached hydrogens (primary N) is 1. The largest absolute Gasteiger partial charge is 0.398 e. The fourth-order valence-corrected chi connectivity index (χ4v) is 2.12. The number of para-hydroxylation sites is 1. The lowest BCUT2D eigenvalue weighted by atomic mass is 9.83. The highest BCUT2D eigenvalue weighted by atomic mass is 19.1. The molecule has 2 N–H and O–H groups in total. The van der Waals surface area contributed by atoms with Crippen LogP contribution < -0.4 is 5.73 Å². The number of anilines is 1. The maximum atomic E-state index is 14.6. The number of hydrogen-bond donors (Lipinski definition) is 1. The lowest BCUT2D eigenvalue weighted by molar-refractivity contribution is 0.0831. The van der Waals surface area contributed by atoms with E-state index in [2.05, 4.69) is 0 Å². The predicted molar refractivity (Wildman–Crippen MR) is 58.2 cm³/mol. The van der Waals surface area contributed by atoms with Gasteiger partial charge in [0.2, 0.25) is 0 Å². The van der Waals surface area contributed by atoms with E-state index < -0.39 is 5.67 Å². The topological polar surface area (TPSA) is 35.2 Å². The Kier molecular flexibility index (Phi) is 2.65. The molecule has 2 atom stereocenters. The lowest BCUT2D eigenvalue weighted by Crippen LogP contribution is -2.28. The molecule has 1 aromatic rings. The van der Waals surface area contributed by atoms with E-state index >= 15 is 0 Å². The zero-order valence-electron chi connectivity index (χ0n) is 8.87. The minimum absolute atomic E-state index is 0.0813. The summed E-state index contributed by atoms with van der Waals surface area (Å²) in [6.45, 7) is 2.73. The maximum absolute atomic E-state index is 14.6. The van der Waals surface area contributed by atoms with Gasteiger partial charge in [0.05, 0.1) is 6.61 Å². The highest BCUT2D eigenvalue weighted by Gasteiger charge is 2.39. The van der Waals surface area contributed by atoms with Gasteiger partial charge in [-0.1, -0.05) is 18.2 Å². The van der Waals surface area contributed by atoms with E-state index in [-0.39, 0.29) is 5.92 Å². The van der Waals surface area contributed by atoms with Crippen molar-refractivity contribution in [1.82, 2.24) is 0 Å². The van der Waals surface area contributed by atoms with E-state index in [1.165, 1.54) is 0 Å². The van der Waals surface area contributed by atoms with Gasteiger partial charge in [-0.15, -0.1) is 0 Å². The Hall–Kier alpha value is -1.09. The molecule has 3 heteroatoms. The zero-order chi connectivity index (χ0) is 10.9. The molecule has 1 aliphatic rings. The van der Waals surface area contributed by atoms with E-state index in [0.717, 1.165) is 6.42 Å². The van der Waals surface area contributed by atoms with Crippen molar-refractivity contribution in [3.8, 4) is 0 Å². The normalized spacial score (nSPS) is 25.1. The zero-order valence-corrected chi connectivity index (χ0v) is 8.87. The van der Waals surface area contributed by atoms with Crippen LogP contribution in [0.3, 0.4) is 0 Å². The van der Waals surface area contributed by atoms with Crippen LogP contribution in [0.15, 0.2) is 24.3 Å². The number of rotatable bonds is 2. The first-order valence-corrected chi connectivity index (χ1v) is 5.24. The number of ether oxygens (including phenoxy) is 1. The molecule has 0 amide bonds. The molecule has 1 aliphatic heterocycles. The van der Waals surface area contributed by atoms with Gasteiger partial charge in [0, 0.05) is 23.8 Å². The number of hydrogen-bond acceptors (Lipinski definition) is 2. The predicted octanol–water partition coefficient (Wildman–Crippen LogP) is 2.49. The summed E-state index contributed by atoms with van der Waals surface area (Å²) in [6.07, 6.45) is 0.765. The molecule has 15 heavy (non-hydrogen) atoms. The van der Waals surface area contributed by atoms with Crippen molar-refractivity contribution < 1.29 is 9.13 Å². The highest BCUT2D eigenvalue weighted by Crippen LogP contribution is 2.40. The molecule has 0 saturated carbocycles. The molecule has 1 saturated heterocycles. The van der Waals surface area contributed by atoms with Crippen molar-refractivity contribution in [2.24, 2.45) is 5.92 Å². The van der Waals surface area contributed by atoms with E-state index in [9.17, 15) is 4.39 Å². The maximum Gasteiger partial charge on any atom is 0.140 e. The second kappa shape index (κ2) is 3.81. The van der Waals surface area contributed by atoms with Crippen LogP contribution in [-0.2, 0) is 10.4 Å². The van der Waals surface area contributed by atoms with Crippen LogP contribution in [0, 0.1) is 5.92 Å². The van der Waals surface area contributed by atoms with Crippen molar-refractivity contribution in [1.29, 1.82) is 0 Å². The molecule has 0 aliphatic carbocycles. The Labute approximate surface area is 89.2 Å². The minimum Gasteiger partial charge on any atom is -0.398 e. The summed E-state index contributed by atoms with van der Waals surface area (Å²) >= 11 is 0. The fourth-order valence-electron chi connectivity index (χ4n) is 2.12. The summed E-state index contributed by atoms with van der Waals surface area (Å²) in [4.78, 5) is 0. The smallest absolute Gasteiger partial charge is 0.140 e. The third-order valence-corrected chi connectivity index (χ3v) is 3.18. The van der Waals surface area contributed by atoms with E-state index in [1.54, 1.807) is 19.1 Å². The molecule has 0 bridgehead atoms. The summed E-state index contributed by atoms with van der Waals surface area (Å²) in [5.74, 6) is -0.0813. The molecule has 1 heterocycles. The van der Waals surface area contributed by atoms with E-state index in [1.807, 2.05) is 12.1 Å². The molecule has 0 spiro atoms. The van der Waals surface area contributed by atoms with Gasteiger partial charge in [-0.2, -0.15) is 0 Å². The van der Waals surface area contributed by atoms with Crippen LogP contribution in [0.5, 0.6) is 0 Å². The molecule has 82 valence electrons. The molecular formula is C12H16FNO. The van der Waals surface area contributed by atoms with E-state index in [4.69, 9.17) is 10.5 Å². The van der Waals surface area contributed by atoms with Crippen LogP contribution in [0.2, 0.25) is 0 Å². The summed E-state index contributed by atoms with van der Waals surface area (Å²) in [6, 6.07) is 7.13. The van der Waals surface area contributed by atoms with Crippen LogP contribution in [0.4, 0.5) is 10.1 Å². The Morgan fingerprint density at radius 3 is 2.80 bits per heavy atom. The Bertz CT molecular complexity index is 345. The van der Waals surface area contributed by atoms with Crippen LogP contribution >= 0.6 is 0 Å². The van der Waals surface area contributed by atoms with Gasteiger partial charge in [0.25, 0.3) is 0 Å². The lowest BCUT2D eigenvalue weighted by Gasteiger charge is -2.27. The van der Waals surface area contributed by atoms with Crippen molar-refractivity contribution in [3.63, 3.8) is 0 Å². The Morgan fingerprint density at radius 2 is 2.20 bits per heavy atom. The quantitative estimate of drug-likeness (QED) is 0.759. The summed E-state index contributed by atoms with van der Waals surface area (Å²) in [5.41, 5.74) is 5.51. The second-order valence-corrected chi connectivity index (χ2v) is 4.22. The molecule has 1 fully saturated rings. The molecule has 2 rings (SSSR count).